The van der Waals surface area contributed by atoms with E-state index >= 15 is 0 Å². The van der Waals surface area contributed by atoms with Gasteiger partial charge in [-0.2, -0.15) is 0 Å². The van der Waals surface area contributed by atoms with Gasteiger partial charge in [0.1, 0.15) is 0 Å². The van der Waals surface area contributed by atoms with Crippen molar-refractivity contribution in [3.05, 3.63) is 11.1 Å². The Morgan fingerprint density at radius 1 is 1.39 bits per heavy atom. The van der Waals surface area contributed by atoms with Gasteiger partial charge in [-0.1, -0.05) is 42.4 Å². The van der Waals surface area contributed by atoms with Gasteiger partial charge in [0, 0.05) is 5.38 Å². The van der Waals surface area contributed by atoms with Gasteiger partial charge in [-0.15, -0.1) is 5.10 Å². The van der Waals surface area contributed by atoms with E-state index in [0.29, 0.717) is 10.7 Å². The van der Waals surface area contributed by atoms with E-state index in [9.17, 15) is 4.79 Å². The Kier molecular flexibility index (Phi) is 4.23. The van der Waals surface area contributed by atoms with Crippen molar-refractivity contribution in [3.8, 4) is 0 Å². The summed E-state index contributed by atoms with van der Waals surface area (Å²) in [6.45, 7) is 0. The average molecular weight is 284 g/mol. The molecule has 0 aliphatic heterocycles. The summed E-state index contributed by atoms with van der Waals surface area (Å²) >= 11 is 6.32. The maximum Gasteiger partial charge on any atom is 0.273 e. The van der Waals surface area contributed by atoms with Crippen LogP contribution in [-0.2, 0) is 0 Å². The lowest BCUT2D eigenvalue weighted by Gasteiger charge is -2.32. The first-order valence-corrected chi connectivity index (χ1v) is 7.28. The van der Waals surface area contributed by atoms with Gasteiger partial charge >= 0.3 is 0 Å². The smallest absolute Gasteiger partial charge is 0.273 e. The molecule has 1 aromatic heterocycles. The van der Waals surface area contributed by atoms with Crippen LogP contribution in [0.4, 0.5) is 0 Å². The molecule has 1 aromatic rings. The van der Waals surface area contributed by atoms with Crippen LogP contribution in [0.15, 0.2) is 5.38 Å². The molecule has 1 heterocycles. The fourth-order valence-electron chi connectivity index (χ4n) is 2.31. The number of nitrogens with zero attached hydrogens (tertiary/aromatic N) is 2. The fraction of sp³-hybridized carbons (Fsp3) is 0.636. The molecule has 0 bridgehead atoms. The molecule has 0 spiro atoms. The summed E-state index contributed by atoms with van der Waals surface area (Å²) in [7, 11) is 0. The zero-order valence-electron chi connectivity index (χ0n) is 10.0. The number of rotatable bonds is 3. The van der Waals surface area contributed by atoms with E-state index < -0.39 is 5.54 Å². The van der Waals surface area contributed by atoms with Crippen LogP contribution in [0.1, 0.15) is 49.0 Å². The molecule has 1 amide bonds. The molecular formula is C11H16N4OS2. The highest BCUT2D eigenvalue weighted by Crippen LogP contribution is 2.27. The average Bonchev–Trinajstić information content (AvgIpc) is 2.77. The van der Waals surface area contributed by atoms with Gasteiger partial charge in [-0.05, 0) is 24.4 Å². The Bertz CT molecular complexity index is 424. The second kappa shape index (κ2) is 5.71. The molecule has 3 N–H and O–H groups in total. The SMILES string of the molecule is NC(=S)C1(NC(=O)c2csnn2)CCCCCC1. The maximum atomic E-state index is 12.1. The van der Waals surface area contributed by atoms with E-state index in [1.165, 1.54) is 12.8 Å². The Morgan fingerprint density at radius 2 is 2.06 bits per heavy atom. The molecule has 1 saturated carbocycles. The van der Waals surface area contributed by atoms with Gasteiger partial charge in [0.2, 0.25) is 0 Å². The number of nitrogens with two attached hydrogens (primary N) is 1. The predicted molar refractivity (Wildman–Crippen MR) is 74.6 cm³/mol. The Morgan fingerprint density at radius 3 is 2.56 bits per heavy atom. The molecule has 1 fully saturated rings. The van der Waals surface area contributed by atoms with E-state index in [-0.39, 0.29) is 5.91 Å². The number of hydrogen-bond donors (Lipinski definition) is 2. The first kappa shape index (κ1) is 13.4. The number of aromatic nitrogens is 2. The molecule has 18 heavy (non-hydrogen) atoms. The van der Waals surface area contributed by atoms with Crippen molar-refractivity contribution < 1.29 is 4.79 Å². The molecule has 0 radical (unpaired) electrons. The van der Waals surface area contributed by atoms with Crippen molar-refractivity contribution in [3.63, 3.8) is 0 Å². The molecular weight excluding hydrogens is 268 g/mol. The van der Waals surface area contributed by atoms with E-state index in [0.717, 1.165) is 37.2 Å². The summed E-state index contributed by atoms with van der Waals surface area (Å²) in [5, 5.41) is 8.37. The van der Waals surface area contributed by atoms with E-state index in [1.807, 2.05) is 0 Å². The zero-order chi connectivity index (χ0) is 13.0. The molecule has 98 valence electrons. The summed E-state index contributed by atoms with van der Waals surface area (Å²) in [5.41, 5.74) is 5.64. The third kappa shape index (κ3) is 2.84. The number of nitrogens with one attached hydrogen (secondary N) is 1. The zero-order valence-corrected chi connectivity index (χ0v) is 11.6. The highest BCUT2D eigenvalue weighted by atomic mass is 32.1. The Hall–Kier alpha value is -1.08. The predicted octanol–water partition coefficient (Wildman–Crippen LogP) is 1.65. The minimum absolute atomic E-state index is 0.238. The third-order valence-electron chi connectivity index (χ3n) is 3.37. The minimum atomic E-state index is -0.549. The van der Waals surface area contributed by atoms with Gasteiger partial charge in [0.25, 0.3) is 5.91 Å². The second-order valence-electron chi connectivity index (χ2n) is 4.60. The fourth-order valence-corrected chi connectivity index (χ4v) is 3.00. The molecule has 0 aromatic carbocycles. The summed E-state index contributed by atoms with van der Waals surface area (Å²) < 4.78 is 3.69. The van der Waals surface area contributed by atoms with Crippen molar-refractivity contribution in [2.45, 2.75) is 44.1 Å². The topological polar surface area (TPSA) is 80.9 Å². The molecule has 0 unspecified atom stereocenters. The lowest BCUT2D eigenvalue weighted by atomic mass is 9.90. The number of carbonyl (C=O) groups is 1. The Balaban J connectivity index is 2.15. The lowest BCUT2D eigenvalue weighted by Crippen LogP contribution is -2.56. The molecule has 1 aliphatic rings. The van der Waals surface area contributed by atoms with E-state index in [1.54, 1.807) is 5.38 Å². The normalized spacial score (nSPS) is 18.9. The first-order chi connectivity index (χ1) is 8.64. The van der Waals surface area contributed by atoms with Crippen LogP contribution in [0, 0.1) is 0 Å². The Labute approximate surface area is 115 Å². The molecule has 2 rings (SSSR count). The maximum absolute atomic E-state index is 12.1. The van der Waals surface area contributed by atoms with E-state index in [4.69, 9.17) is 18.0 Å². The van der Waals surface area contributed by atoms with Crippen LogP contribution in [0.25, 0.3) is 0 Å². The van der Waals surface area contributed by atoms with Gasteiger partial charge < -0.3 is 11.1 Å². The quantitative estimate of drug-likeness (QED) is 0.651. The van der Waals surface area contributed by atoms with Gasteiger partial charge in [-0.25, -0.2) is 0 Å². The summed E-state index contributed by atoms with van der Waals surface area (Å²) in [6.07, 6.45) is 6.02. The molecule has 5 nitrogen and oxygen atoms in total. The van der Waals surface area contributed by atoms with Crippen molar-refractivity contribution in [2.24, 2.45) is 5.73 Å². The molecule has 1 aliphatic carbocycles. The number of carbonyl (C=O) groups excluding carboxylic acids is 1. The number of hydrogen-bond acceptors (Lipinski definition) is 5. The van der Waals surface area contributed by atoms with Gasteiger partial charge in [0.15, 0.2) is 5.69 Å². The molecule has 7 heteroatoms. The molecule has 0 saturated heterocycles. The van der Waals surface area contributed by atoms with E-state index in [2.05, 4.69) is 14.9 Å². The monoisotopic (exact) mass is 284 g/mol. The third-order valence-corrected chi connectivity index (χ3v) is 4.27. The largest absolute Gasteiger partial charge is 0.391 e. The van der Waals surface area contributed by atoms with Crippen LogP contribution in [0.3, 0.4) is 0 Å². The number of thiocarbonyl (C=S) groups is 1. The van der Waals surface area contributed by atoms with Crippen molar-refractivity contribution in [2.75, 3.05) is 0 Å². The van der Waals surface area contributed by atoms with Crippen LogP contribution in [0.2, 0.25) is 0 Å². The lowest BCUT2D eigenvalue weighted by molar-refractivity contribution is 0.0912. The second-order valence-corrected chi connectivity index (χ2v) is 5.65. The summed E-state index contributed by atoms with van der Waals surface area (Å²) in [4.78, 5) is 12.4. The van der Waals surface area contributed by atoms with Crippen LogP contribution >= 0.6 is 23.8 Å². The first-order valence-electron chi connectivity index (χ1n) is 6.03. The minimum Gasteiger partial charge on any atom is -0.391 e. The standard InChI is InChI=1S/C11H16N4OS2/c12-10(17)11(5-3-1-2-4-6-11)13-9(16)8-7-18-15-14-8/h7H,1-6H2,(H2,12,17)(H,13,16). The highest BCUT2D eigenvalue weighted by molar-refractivity contribution is 7.80. The highest BCUT2D eigenvalue weighted by Gasteiger charge is 2.36. The number of amides is 1. The van der Waals surface area contributed by atoms with Crippen LogP contribution in [0.5, 0.6) is 0 Å². The van der Waals surface area contributed by atoms with Crippen molar-refractivity contribution >= 4 is 34.6 Å². The van der Waals surface area contributed by atoms with Crippen molar-refractivity contribution in [1.82, 2.24) is 14.9 Å². The molecule has 0 atom stereocenters. The summed E-state index contributed by atoms with van der Waals surface area (Å²) in [6, 6.07) is 0. The summed E-state index contributed by atoms with van der Waals surface area (Å²) in [5.74, 6) is -0.238. The van der Waals surface area contributed by atoms with Gasteiger partial charge in [-0.3, -0.25) is 4.79 Å². The van der Waals surface area contributed by atoms with Crippen molar-refractivity contribution in [1.29, 1.82) is 0 Å². The van der Waals surface area contributed by atoms with Gasteiger partial charge in [0.05, 0.1) is 10.5 Å². The van der Waals surface area contributed by atoms with Crippen LogP contribution in [-0.4, -0.2) is 26.0 Å². The van der Waals surface area contributed by atoms with Crippen LogP contribution < -0.4 is 11.1 Å².